The molecule has 0 aliphatic heterocycles. The van der Waals surface area contributed by atoms with Crippen molar-refractivity contribution < 1.29 is 48.0 Å². The Balaban J connectivity index is 0.00000113. The van der Waals surface area contributed by atoms with Crippen molar-refractivity contribution in [2.75, 3.05) is 0 Å². The normalized spacial score (nSPS) is 17.4. The van der Waals surface area contributed by atoms with Gasteiger partial charge in [-0.15, -0.1) is 0 Å². The molecule has 4 rings (SSSR count). The van der Waals surface area contributed by atoms with E-state index in [0.29, 0.717) is 0 Å². The van der Waals surface area contributed by atoms with E-state index in [-0.39, 0.29) is 24.8 Å². The average Bonchev–Trinajstić information content (AvgIpc) is 3.14. The number of fused-ring (bicyclic) bond motifs is 1. The predicted molar refractivity (Wildman–Crippen MR) is 97.7 cm³/mol. The van der Waals surface area contributed by atoms with Crippen molar-refractivity contribution in [3.05, 3.63) is 90.7 Å². The third-order valence-corrected chi connectivity index (χ3v) is 9.41. The molecule has 2 aromatic carbocycles. The van der Waals surface area contributed by atoms with Crippen LogP contribution in [-0.4, -0.2) is 0 Å². The number of rotatable bonds is 3. The first-order valence-electron chi connectivity index (χ1n) is 7.91. The number of hydrogen-bond acceptors (Lipinski definition) is 0. The molecule has 0 bridgehead atoms. The predicted octanol–water partition coefficient (Wildman–Crippen LogP) is 0.369. The largest absolute Gasteiger partial charge is 1.00 e. The van der Waals surface area contributed by atoms with Gasteiger partial charge in [0.15, 0.2) is 0 Å². The van der Waals surface area contributed by atoms with E-state index >= 15 is 0 Å². The topological polar surface area (TPSA) is 0 Å². The van der Waals surface area contributed by atoms with E-state index in [9.17, 15) is 0 Å². The van der Waals surface area contributed by atoms with Crippen LogP contribution in [0.2, 0.25) is 0 Å². The molecule has 0 heterocycles. The molecule has 25 heavy (non-hydrogen) atoms. The summed E-state index contributed by atoms with van der Waals surface area (Å²) in [4.78, 5) is 0. The van der Waals surface area contributed by atoms with Gasteiger partial charge in [-0.3, -0.25) is 0 Å². The van der Waals surface area contributed by atoms with E-state index in [1.54, 1.807) is 14.4 Å². The first-order chi connectivity index (χ1) is 11.2. The second-order valence-electron chi connectivity index (χ2n) is 6.13. The van der Waals surface area contributed by atoms with Crippen molar-refractivity contribution in [1.82, 2.24) is 0 Å². The van der Waals surface area contributed by atoms with Crippen LogP contribution < -0.4 is 24.8 Å². The van der Waals surface area contributed by atoms with Crippen molar-refractivity contribution in [3.63, 3.8) is 0 Å². The van der Waals surface area contributed by atoms with Gasteiger partial charge in [0, 0.05) is 0 Å². The zero-order valence-corrected chi connectivity index (χ0v) is 19.3. The maximum atomic E-state index is 3.51. The summed E-state index contributed by atoms with van der Waals surface area (Å²) in [6.45, 7) is 2.31. The van der Waals surface area contributed by atoms with Crippen LogP contribution in [0, 0.1) is 0 Å². The molecule has 2 aliphatic rings. The molecule has 2 aliphatic carbocycles. The molecule has 4 heteroatoms. The molecule has 0 saturated heterocycles. The minimum absolute atomic E-state index is 0. The molecule has 1 unspecified atom stereocenters. The first-order valence-corrected chi connectivity index (χ1v) is 11.4. The Hall–Kier alpha value is -0.397. The molecule has 126 valence electrons. The van der Waals surface area contributed by atoms with E-state index in [2.05, 4.69) is 89.6 Å². The quantitative estimate of drug-likeness (QED) is 0.559. The molecule has 0 spiro atoms. The molecular weight excluding hydrogens is 494 g/mol. The summed E-state index contributed by atoms with van der Waals surface area (Å²) in [6.07, 6.45) is 8.41. The number of benzene rings is 2. The standard InChI is InChI=1S/C11H8Br.C10H9.2ClH.Zr/c12-11-7-5-10(6-8-11)9-3-1-2-4-9;1-8-6-9-4-2-3-5-10(9)7-8;;;/h3-8H,1H2;2-7H,1H3;2*1H;/q;;;;+2/p-2. The minimum atomic E-state index is -0.627. The van der Waals surface area contributed by atoms with Crippen LogP contribution in [0.25, 0.3) is 11.6 Å². The van der Waals surface area contributed by atoms with Gasteiger partial charge < -0.3 is 24.8 Å². The van der Waals surface area contributed by atoms with E-state index in [0.717, 1.165) is 14.5 Å². The van der Waals surface area contributed by atoms with Crippen molar-refractivity contribution in [2.45, 2.75) is 17.0 Å². The summed E-state index contributed by atoms with van der Waals surface area (Å²) in [6, 6.07) is 17.6. The molecule has 0 aromatic heterocycles. The molecule has 0 fully saturated rings. The molecule has 0 nitrogen and oxygen atoms in total. The van der Waals surface area contributed by atoms with E-state index < -0.39 is 23.2 Å². The summed E-state index contributed by atoms with van der Waals surface area (Å²) >= 11 is 2.89. The minimum Gasteiger partial charge on any atom is -1.00 e. The van der Waals surface area contributed by atoms with E-state index in [4.69, 9.17) is 0 Å². The fraction of sp³-hybridized carbons (Fsp3) is 0.143. The van der Waals surface area contributed by atoms with Gasteiger partial charge in [0.1, 0.15) is 0 Å². The van der Waals surface area contributed by atoms with Gasteiger partial charge in [-0.1, -0.05) is 0 Å². The third-order valence-electron chi connectivity index (χ3n) is 4.52. The average molecular weight is 511 g/mol. The van der Waals surface area contributed by atoms with Gasteiger partial charge in [0.05, 0.1) is 0 Å². The Labute approximate surface area is 182 Å². The Bertz CT molecular complexity index is 850. The van der Waals surface area contributed by atoms with Crippen LogP contribution in [0.4, 0.5) is 0 Å². The second kappa shape index (κ2) is 9.00. The van der Waals surface area contributed by atoms with Crippen LogP contribution in [-0.2, 0) is 23.2 Å². The van der Waals surface area contributed by atoms with Crippen molar-refractivity contribution >= 4 is 27.6 Å². The summed E-state index contributed by atoms with van der Waals surface area (Å²) in [5, 5.41) is 0. The van der Waals surface area contributed by atoms with Crippen LogP contribution in [0.5, 0.6) is 0 Å². The molecule has 0 amide bonds. The Morgan fingerprint density at radius 2 is 1.68 bits per heavy atom. The number of hydrogen-bond donors (Lipinski definition) is 0. The molecule has 0 saturated carbocycles. The fourth-order valence-electron chi connectivity index (χ4n) is 3.33. The van der Waals surface area contributed by atoms with Crippen molar-refractivity contribution in [3.8, 4) is 0 Å². The van der Waals surface area contributed by atoms with E-state index in [1.807, 2.05) is 0 Å². The summed E-state index contributed by atoms with van der Waals surface area (Å²) in [5.74, 6) is 0. The summed E-state index contributed by atoms with van der Waals surface area (Å²) in [5.41, 5.74) is 7.31. The molecule has 0 radical (unpaired) electrons. The second-order valence-corrected chi connectivity index (χ2v) is 10.8. The maximum Gasteiger partial charge on any atom is -1.00 e. The SMILES string of the molecule is CC1=Cc2ccccc2[CH]1[Zr+2][C]1=CC(c2ccc(Br)cc2)=CC1.[Cl-].[Cl-]. The Morgan fingerprint density at radius 3 is 2.44 bits per heavy atom. The third kappa shape index (κ3) is 4.48. The monoisotopic (exact) mass is 508 g/mol. The van der Waals surface area contributed by atoms with Crippen LogP contribution in [0.1, 0.15) is 33.7 Å². The first kappa shape index (κ1) is 20.9. The molecular formula is C21H17BrCl2Zr. The van der Waals surface area contributed by atoms with Gasteiger partial charge >= 0.3 is 158 Å². The molecule has 0 N–H and O–H groups in total. The molecule has 2 aromatic rings. The smallest absolute Gasteiger partial charge is 1.00 e. The molecule has 1 atom stereocenters. The van der Waals surface area contributed by atoms with Gasteiger partial charge in [-0.2, -0.15) is 0 Å². The number of halogens is 3. The fourth-order valence-corrected chi connectivity index (χ4v) is 7.42. The van der Waals surface area contributed by atoms with E-state index in [1.165, 1.54) is 16.7 Å². The van der Waals surface area contributed by atoms with Crippen LogP contribution in [0.15, 0.2) is 74.0 Å². The van der Waals surface area contributed by atoms with Gasteiger partial charge in [-0.05, 0) is 0 Å². The zero-order valence-electron chi connectivity index (χ0n) is 13.8. The van der Waals surface area contributed by atoms with Crippen LogP contribution >= 0.6 is 15.9 Å². The van der Waals surface area contributed by atoms with Gasteiger partial charge in [-0.25, -0.2) is 0 Å². The zero-order chi connectivity index (χ0) is 15.8. The maximum absolute atomic E-state index is 3.51. The van der Waals surface area contributed by atoms with Gasteiger partial charge in [0.2, 0.25) is 0 Å². The summed E-state index contributed by atoms with van der Waals surface area (Å²) < 4.78 is 3.57. The van der Waals surface area contributed by atoms with Crippen LogP contribution in [0.3, 0.4) is 0 Å². The van der Waals surface area contributed by atoms with Gasteiger partial charge in [0.25, 0.3) is 0 Å². The summed E-state index contributed by atoms with van der Waals surface area (Å²) in [7, 11) is 0. The Kier molecular flexibility index (Phi) is 7.53. The number of allylic oxidation sites excluding steroid dienone is 5. The van der Waals surface area contributed by atoms with Crippen molar-refractivity contribution in [2.24, 2.45) is 0 Å². The van der Waals surface area contributed by atoms with Crippen molar-refractivity contribution in [1.29, 1.82) is 0 Å². The Morgan fingerprint density at radius 1 is 0.960 bits per heavy atom.